The molecule has 0 saturated heterocycles. The predicted octanol–water partition coefficient (Wildman–Crippen LogP) is 0.814. The molecule has 0 bridgehead atoms. The standard InChI is InChI=1S/C6H13NO3/c1-2-6(8)4-3-5-7(9)10/h6,8H,2-5H2,1H3/t6-/m0/s1. The summed E-state index contributed by atoms with van der Waals surface area (Å²) >= 11 is 0. The maximum Gasteiger partial charge on any atom is 0.204 e. The first kappa shape index (κ1) is 9.36. The third kappa shape index (κ3) is 5.50. The summed E-state index contributed by atoms with van der Waals surface area (Å²) < 4.78 is 0. The second-order valence-corrected chi connectivity index (χ2v) is 2.26. The monoisotopic (exact) mass is 147 g/mol. The van der Waals surface area contributed by atoms with E-state index in [9.17, 15) is 10.1 Å². The van der Waals surface area contributed by atoms with Crippen LogP contribution in [0, 0.1) is 10.1 Å². The Bertz CT molecular complexity index is 105. The van der Waals surface area contributed by atoms with Gasteiger partial charge < -0.3 is 5.11 Å². The molecular weight excluding hydrogens is 134 g/mol. The highest BCUT2D eigenvalue weighted by atomic mass is 16.6. The van der Waals surface area contributed by atoms with Crippen LogP contribution in [0.2, 0.25) is 0 Å². The van der Waals surface area contributed by atoms with Crippen molar-refractivity contribution < 1.29 is 10.0 Å². The normalized spacial score (nSPS) is 13.0. The van der Waals surface area contributed by atoms with Crippen LogP contribution in [-0.4, -0.2) is 22.7 Å². The second-order valence-electron chi connectivity index (χ2n) is 2.26. The molecule has 0 unspecified atom stereocenters. The van der Waals surface area contributed by atoms with E-state index in [0.29, 0.717) is 19.3 Å². The number of hydrogen-bond donors (Lipinski definition) is 1. The Kier molecular flexibility index (Phi) is 4.84. The van der Waals surface area contributed by atoms with Crippen LogP contribution in [0.5, 0.6) is 0 Å². The predicted molar refractivity (Wildman–Crippen MR) is 37.4 cm³/mol. The molecule has 0 aromatic carbocycles. The fourth-order valence-electron chi connectivity index (χ4n) is 0.660. The van der Waals surface area contributed by atoms with Crippen LogP contribution in [0.1, 0.15) is 26.2 Å². The van der Waals surface area contributed by atoms with Gasteiger partial charge in [-0.25, -0.2) is 0 Å². The smallest absolute Gasteiger partial charge is 0.204 e. The molecule has 1 N–H and O–H groups in total. The van der Waals surface area contributed by atoms with Gasteiger partial charge in [0.2, 0.25) is 6.54 Å². The topological polar surface area (TPSA) is 63.4 Å². The van der Waals surface area contributed by atoms with Gasteiger partial charge in [-0.3, -0.25) is 10.1 Å². The van der Waals surface area contributed by atoms with E-state index in [1.54, 1.807) is 0 Å². The Labute approximate surface area is 60.0 Å². The average Bonchev–Trinajstić information content (AvgIpc) is 1.87. The molecule has 0 aromatic rings. The van der Waals surface area contributed by atoms with Crippen molar-refractivity contribution in [1.29, 1.82) is 0 Å². The van der Waals surface area contributed by atoms with Crippen LogP contribution in [0.4, 0.5) is 0 Å². The number of nitro groups is 1. The molecule has 0 rings (SSSR count). The Morgan fingerprint density at radius 3 is 2.70 bits per heavy atom. The quantitative estimate of drug-likeness (QED) is 0.462. The van der Waals surface area contributed by atoms with Crippen molar-refractivity contribution in [3.05, 3.63) is 10.1 Å². The third-order valence-corrected chi connectivity index (χ3v) is 1.35. The van der Waals surface area contributed by atoms with Crippen molar-refractivity contribution in [2.75, 3.05) is 6.54 Å². The molecule has 0 aliphatic rings. The van der Waals surface area contributed by atoms with Gasteiger partial charge in [-0.2, -0.15) is 0 Å². The molecular formula is C6H13NO3. The fraction of sp³-hybridized carbons (Fsp3) is 1.00. The number of nitrogens with zero attached hydrogens (tertiary/aromatic N) is 1. The summed E-state index contributed by atoms with van der Waals surface area (Å²) in [5.74, 6) is 0. The molecule has 0 fully saturated rings. The van der Waals surface area contributed by atoms with Crippen LogP contribution in [-0.2, 0) is 0 Å². The molecule has 1 atom stereocenters. The highest BCUT2D eigenvalue weighted by molar-refractivity contribution is 4.50. The van der Waals surface area contributed by atoms with Gasteiger partial charge in [0.05, 0.1) is 6.10 Å². The first-order chi connectivity index (χ1) is 4.66. The molecule has 0 spiro atoms. The van der Waals surface area contributed by atoms with Crippen LogP contribution < -0.4 is 0 Å². The number of rotatable bonds is 5. The fourth-order valence-corrected chi connectivity index (χ4v) is 0.660. The Morgan fingerprint density at radius 1 is 1.70 bits per heavy atom. The van der Waals surface area contributed by atoms with Gasteiger partial charge in [-0.1, -0.05) is 6.92 Å². The lowest BCUT2D eigenvalue weighted by molar-refractivity contribution is -0.480. The van der Waals surface area contributed by atoms with Gasteiger partial charge in [0.15, 0.2) is 0 Å². The second kappa shape index (κ2) is 5.17. The zero-order valence-electron chi connectivity index (χ0n) is 6.12. The van der Waals surface area contributed by atoms with E-state index in [4.69, 9.17) is 5.11 Å². The third-order valence-electron chi connectivity index (χ3n) is 1.35. The van der Waals surface area contributed by atoms with Gasteiger partial charge >= 0.3 is 0 Å². The van der Waals surface area contributed by atoms with Crippen LogP contribution in [0.15, 0.2) is 0 Å². The van der Waals surface area contributed by atoms with E-state index in [1.165, 1.54) is 0 Å². The maximum absolute atomic E-state index is 9.79. The van der Waals surface area contributed by atoms with Crippen LogP contribution in [0.25, 0.3) is 0 Å². The lowest BCUT2D eigenvalue weighted by Gasteiger charge is -2.03. The van der Waals surface area contributed by atoms with E-state index in [-0.39, 0.29) is 17.6 Å². The summed E-state index contributed by atoms with van der Waals surface area (Å²) in [7, 11) is 0. The number of aliphatic hydroxyl groups is 1. The van der Waals surface area contributed by atoms with Gasteiger partial charge in [0.25, 0.3) is 0 Å². The van der Waals surface area contributed by atoms with E-state index < -0.39 is 0 Å². The van der Waals surface area contributed by atoms with Gasteiger partial charge in [0, 0.05) is 11.3 Å². The molecule has 0 aromatic heterocycles. The minimum atomic E-state index is -0.361. The molecule has 60 valence electrons. The van der Waals surface area contributed by atoms with Gasteiger partial charge in [0.1, 0.15) is 0 Å². The highest BCUT2D eigenvalue weighted by Gasteiger charge is 2.02. The molecule has 0 heterocycles. The molecule has 4 heteroatoms. The zero-order valence-corrected chi connectivity index (χ0v) is 6.12. The molecule has 10 heavy (non-hydrogen) atoms. The van der Waals surface area contributed by atoms with Crippen molar-refractivity contribution in [1.82, 2.24) is 0 Å². The first-order valence-corrected chi connectivity index (χ1v) is 3.46. The summed E-state index contributed by atoms with van der Waals surface area (Å²) in [5, 5.41) is 18.7. The summed E-state index contributed by atoms with van der Waals surface area (Å²) in [6, 6.07) is 0. The largest absolute Gasteiger partial charge is 0.393 e. The van der Waals surface area contributed by atoms with Gasteiger partial charge in [-0.15, -0.1) is 0 Å². The first-order valence-electron chi connectivity index (χ1n) is 3.46. The molecule has 0 saturated carbocycles. The van der Waals surface area contributed by atoms with E-state index in [1.807, 2.05) is 6.92 Å². The lowest BCUT2D eigenvalue weighted by Crippen LogP contribution is -2.08. The van der Waals surface area contributed by atoms with Gasteiger partial charge in [-0.05, 0) is 12.8 Å². The lowest BCUT2D eigenvalue weighted by atomic mass is 10.1. The Balaban J connectivity index is 3.11. The van der Waals surface area contributed by atoms with Crippen LogP contribution >= 0.6 is 0 Å². The minimum Gasteiger partial charge on any atom is -0.393 e. The summed E-state index contributed by atoms with van der Waals surface area (Å²) in [5.41, 5.74) is 0. The summed E-state index contributed by atoms with van der Waals surface area (Å²) in [6.07, 6.45) is 1.33. The highest BCUT2D eigenvalue weighted by Crippen LogP contribution is 1.99. The SMILES string of the molecule is CC[C@H](O)CCC[N+](=O)[O-]. The molecule has 0 aliphatic heterocycles. The van der Waals surface area contributed by atoms with E-state index in [2.05, 4.69) is 0 Å². The Hall–Kier alpha value is -0.640. The molecule has 0 amide bonds. The van der Waals surface area contributed by atoms with Crippen molar-refractivity contribution in [2.24, 2.45) is 0 Å². The molecule has 4 nitrogen and oxygen atoms in total. The summed E-state index contributed by atoms with van der Waals surface area (Å²) in [6.45, 7) is 1.83. The number of aliphatic hydroxyl groups excluding tert-OH is 1. The Morgan fingerprint density at radius 2 is 2.30 bits per heavy atom. The maximum atomic E-state index is 9.79. The minimum absolute atomic E-state index is 0.0307. The zero-order chi connectivity index (χ0) is 7.98. The van der Waals surface area contributed by atoms with E-state index in [0.717, 1.165) is 0 Å². The van der Waals surface area contributed by atoms with Crippen molar-refractivity contribution >= 4 is 0 Å². The molecule has 0 aliphatic carbocycles. The van der Waals surface area contributed by atoms with E-state index >= 15 is 0 Å². The average molecular weight is 147 g/mol. The summed E-state index contributed by atoms with van der Waals surface area (Å²) in [4.78, 5) is 9.43. The molecule has 0 radical (unpaired) electrons. The van der Waals surface area contributed by atoms with Crippen molar-refractivity contribution in [2.45, 2.75) is 32.3 Å². The number of hydrogen-bond acceptors (Lipinski definition) is 3. The van der Waals surface area contributed by atoms with Crippen molar-refractivity contribution in [3.8, 4) is 0 Å². The van der Waals surface area contributed by atoms with Crippen molar-refractivity contribution in [3.63, 3.8) is 0 Å². The van der Waals surface area contributed by atoms with Crippen LogP contribution in [0.3, 0.4) is 0 Å².